The molecule has 2 heterocycles. The molecule has 1 N–H and O–H groups in total. The maximum Gasteiger partial charge on any atom is 0.258 e. The van der Waals surface area contributed by atoms with Crippen molar-refractivity contribution in [2.24, 2.45) is 0 Å². The molecule has 6 heteroatoms. The predicted octanol–water partition coefficient (Wildman–Crippen LogP) is 5.23. The molecule has 4 aromatic rings. The van der Waals surface area contributed by atoms with Crippen molar-refractivity contribution in [1.29, 1.82) is 5.26 Å². The molecular weight excluding hydrogens is 410 g/mol. The van der Waals surface area contributed by atoms with Crippen molar-refractivity contribution in [1.82, 2.24) is 14.7 Å². The van der Waals surface area contributed by atoms with Crippen molar-refractivity contribution in [2.75, 3.05) is 5.32 Å². The number of nitriles is 1. The van der Waals surface area contributed by atoms with Gasteiger partial charge in [0.15, 0.2) is 0 Å². The highest BCUT2D eigenvalue weighted by molar-refractivity contribution is 6.01. The van der Waals surface area contributed by atoms with E-state index < -0.39 is 6.17 Å². The summed E-state index contributed by atoms with van der Waals surface area (Å²) in [6, 6.07) is 29.7. The number of aryl methyl sites for hydroxylation is 1. The normalized spacial score (nSPS) is 14.9. The smallest absolute Gasteiger partial charge is 0.258 e. The first-order chi connectivity index (χ1) is 16.2. The van der Waals surface area contributed by atoms with Gasteiger partial charge in [0.1, 0.15) is 6.17 Å². The fourth-order valence-corrected chi connectivity index (χ4v) is 4.22. The van der Waals surface area contributed by atoms with Gasteiger partial charge in [-0.25, -0.2) is 0 Å². The summed E-state index contributed by atoms with van der Waals surface area (Å²) >= 11 is 0. The Kier molecular flexibility index (Phi) is 5.61. The van der Waals surface area contributed by atoms with Crippen molar-refractivity contribution in [3.05, 3.63) is 108 Å². The van der Waals surface area contributed by atoms with Crippen molar-refractivity contribution >= 4 is 11.6 Å². The number of hydrogen-bond donors (Lipinski definition) is 1. The van der Waals surface area contributed by atoms with E-state index in [0.717, 1.165) is 28.1 Å². The molecule has 33 heavy (non-hydrogen) atoms. The fraction of sp³-hybridized carbons (Fsp3) is 0.148. The van der Waals surface area contributed by atoms with Crippen molar-refractivity contribution in [3.8, 4) is 17.3 Å². The van der Waals surface area contributed by atoms with E-state index in [4.69, 9.17) is 10.4 Å². The third-order valence-corrected chi connectivity index (χ3v) is 5.80. The molecule has 1 aromatic heterocycles. The Balaban J connectivity index is 1.63. The van der Waals surface area contributed by atoms with Crippen LogP contribution in [0.2, 0.25) is 0 Å². The van der Waals surface area contributed by atoms with Gasteiger partial charge >= 0.3 is 0 Å². The first-order valence-electron chi connectivity index (χ1n) is 10.9. The summed E-state index contributed by atoms with van der Waals surface area (Å²) in [7, 11) is 0. The maximum atomic E-state index is 13.6. The molecule has 0 fully saturated rings. The van der Waals surface area contributed by atoms with Crippen LogP contribution in [-0.4, -0.2) is 20.6 Å². The minimum Gasteiger partial charge on any atom is -0.361 e. The van der Waals surface area contributed by atoms with Crippen LogP contribution >= 0.6 is 0 Å². The van der Waals surface area contributed by atoms with E-state index in [1.54, 1.807) is 4.68 Å². The predicted molar refractivity (Wildman–Crippen MR) is 127 cm³/mol. The lowest BCUT2D eigenvalue weighted by Gasteiger charge is -2.38. The molecule has 0 saturated carbocycles. The van der Waals surface area contributed by atoms with Gasteiger partial charge in [0.05, 0.1) is 30.3 Å². The number of hydrogen-bond acceptors (Lipinski definition) is 4. The van der Waals surface area contributed by atoms with Crippen LogP contribution in [0, 0.1) is 11.3 Å². The van der Waals surface area contributed by atoms with Crippen molar-refractivity contribution in [2.45, 2.75) is 25.7 Å². The molecule has 1 aliphatic rings. The highest BCUT2D eigenvalue weighted by Crippen LogP contribution is 2.37. The second-order valence-corrected chi connectivity index (χ2v) is 7.98. The van der Waals surface area contributed by atoms with Gasteiger partial charge < -0.3 is 10.2 Å². The van der Waals surface area contributed by atoms with Gasteiger partial charge in [-0.3, -0.25) is 9.48 Å². The number of benzene rings is 3. The number of carbonyl (C=O) groups is 1. The summed E-state index contributed by atoms with van der Waals surface area (Å²) in [6.07, 6.45) is 1.91. The van der Waals surface area contributed by atoms with Gasteiger partial charge in [0, 0.05) is 29.6 Å². The highest BCUT2D eigenvalue weighted by Gasteiger charge is 2.35. The van der Waals surface area contributed by atoms with Crippen LogP contribution in [0.1, 0.15) is 34.1 Å². The average Bonchev–Trinajstić information content (AvgIpc) is 3.29. The molecule has 0 aliphatic carbocycles. The third-order valence-electron chi connectivity index (χ3n) is 5.80. The number of para-hydroxylation sites is 1. The fourth-order valence-electron chi connectivity index (χ4n) is 4.22. The quantitative estimate of drug-likeness (QED) is 0.452. The Bertz CT molecular complexity index is 1310. The highest BCUT2D eigenvalue weighted by atomic mass is 16.2. The SMILES string of the molecule is N#CCCn1cc(C2Nc3ccccc3C(=O)N2Cc2ccccc2)c(-c2ccccc2)n1. The monoisotopic (exact) mass is 433 g/mol. The molecule has 0 saturated heterocycles. The van der Waals surface area contributed by atoms with Gasteiger partial charge in [0.25, 0.3) is 5.91 Å². The van der Waals surface area contributed by atoms with Crippen LogP contribution in [0.15, 0.2) is 91.1 Å². The molecule has 6 nitrogen and oxygen atoms in total. The number of aromatic nitrogens is 2. The molecule has 1 amide bonds. The second kappa shape index (κ2) is 9.01. The molecule has 0 radical (unpaired) electrons. The minimum absolute atomic E-state index is 0.0259. The Labute approximate surface area is 192 Å². The molecule has 0 spiro atoms. The molecule has 5 rings (SSSR count). The lowest BCUT2D eigenvalue weighted by Crippen LogP contribution is -2.42. The summed E-state index contributed by atoms with van der Waals surface area (Å²) < 4.78 is 1.80. The maximum absolute atomic E-state index is 13.6. The molecule has 1 atom stereocenters. The van der Waals surface area contributed by atoms with Crippen molar-refractivity contribution < 1.29 is 4.79 Å². The molecule has 1 aliphatic heterocycles. The molecule has 162 valence electrons. The number of nitrogens with zero attached hydrogens (tertiary/aromatic N) is 4. The average molecular weight is 434 g/mol. The standard InChI is InChI=1S/C27H23N5O/c28-16-9-17-31-19-23(25(30-31)21-12-5-2-6-13-21)26-29-24-15-8-7-14-22(24)27(33)32(26)18-20-10-3-1-4-11-20/h1-8,10-15,19,26,29H,9,17-18H2. The van der Waals surface area contributed by atoms with E-state index in [9.17, 15) is 4.79 Å². The van der Waals surface area contributed by atoms with Crippen LogP contribution in [0.3, 0.4) is 0 Å². The van der Waals surface area contributed by atoms with E-state index in [0.29, 0.717) is 25.1 Å². The van der Waals surface area contributed by atoms with Crippen LogP contribution in [0.25, 0.3) is 11.3 Å². The van der Waals surface area contributed by atoms with Crippen LogP contribution < -0.4 is 5.32 Å². The molecule has 0 bridgehead atoms. The Morgan fingerprint density at radius 2 is 1.64 bits per heavy atom. The van der Waals surface area contributed by atoms with Gasteiger partial charge in [-0.15, -0.1) is 0 Å². The lowest BCUT2D eigenvalue weighted by molar-refractivity contribution is 0.0667. The van der Waals surface area contributed by atoms with Crippen LogP contribution in [0.4, 0.5) is 5.69 Å². The number of fused-ring (bicyclic) bond motifs is 1. The number of amides is 1. The Hall–Kier alpha value is -4.37. The summed E-state index contributed by atoms with van der Waals surface area (Å²) in [4.78, 5) is 15.5. The molecule has 3 aromatic carbocycles. The largest absolute Gasteiger partial charge is 0.361 e. The number of nitrogens with one attached hydrogen (secondary N) is 1. The molecule has 1 unspecified atom stereocenters. The summed E-state index contributed by atoms with van der Waals surface area (Å²) in [5, 5.41) is 17.4. The zero-order valence-corrected chi connectivity index (χ0v) is 18.1. The van der Waals surface area contributed by atoms with Gasteiger partial charge in [0.2, 0.25) is 0 Å². The summed E-state index contributed by atoms with van der Waals surface area (Å²) in [6.45, 7) is 0.954. The number of anilines is 1. The number of carbonyl (C=O) groups excluding carboxylic acids is 1. The zero-order chi connectivity index (χ0) is 22.6. The van der Waals surface area contributed by atoms with Gasteiger partial charge in [-0.2, -0.15) is 10.4 Å². The van der Waals surface area contributed by atoms with Crippen molar-refractivity contribution in [3.63, 3.8) is 0 Å². The second-order valence-electron chi connectivity index (χ2n) is 7.98. The van der Waals surface area contributed by atoms with Gasteiger partial charge in [-0.1, -0.05) is 72.8 Å². The van der Waals surface area contributed by atoms with Crippen LogP contribution in [-0.2, 0) is 13.1 Å². The minimum atomic E-state index is -0.404. The van der Waals surface area contributed by atoms with Gasteiger partial charge in [-0.05, 0) is 17.7 Å². The Morgan fingerprint density at radius 3 is 2.39 bits per heavy atom. The first kappa shape index (κ1) is 20.5. The molecular formula is C27H23N5O. The first-order valence-corrected chi connectivity index (χ1v) is 10.9. The van der Waals surface area contributed by atoms with E-state index >= 15 is 0 Å². The topological polar surface area (TPSA) is 74.0 Å². The van der Waals surface area contributed by atoms with E-state index in [-0.39, 0.29) is 5.91 Å². The van der Waals surface area contributed by atoms with E-state index in [1.165, 1.54) is 0 Å². The van der Waals surface area contributed by atoms with E-state index in [1.807, 2.05) is 96.0 Å². The third kappa shape index (κ3) is 4.09. The number of rotatable bonds is 6. The Morgan fingerprint density at radius 1 is 0.939 bits per heavy atom. The summed E-state index contributed by atoms with van der Waals surface area (Å²) in [5.74, 6) is -0.0259. The van der Waals surface area contributed by atoms with E-state index in [2.05, 4.69) is 11.4 Å². The summed E-state index contributed by atoms with van der Waals surface area (Å²) in [5.41, 5.74) is 5.18. The zero-order valence-electron chi connectivity index (χ0n) is 18.1. The van der Waals surface area contributed by atoms with Crippen LogP contribution in [0.5, 0.6) is 0 Å². The lowest BCUT2D eigenvalue weighted by atomic mass is 10.0.